The van der Waals surface area contributed by atoms with E-state index in [1.165, 1.54) is 12.7 Å². The van der Waals surface area contributed by atoms with Crippen LogP contribution in [0.25, 0.3) is 0 Å². The second-order valence-electron chi connectivity index (χ2n) is 5.51. The Bertz CT molecular complexity index is 457. The summed E-state index contributed by atoms with van der Waals surface area (Å²) < 4.78 is 4.83. The molecule has 2 heterocycles. The van der Waals surface area contributed by atoms with Gasteiger partial charge in [-0.05, 0) is 38.4 Å². The Balaban J connectivity index is 1.90. The number of carbonyl (C=O) groups excluding carboxylic acids is 1. The summed E-state index contributed by atoms with van der Waals surface area (Å²) >= 11 is 0. The number of ether oxygens (including phenoxy) is 1. The molecule has 5 heteroatoms. The van der Waals surface area contributed by atoms with Crippen LogP contribution < -0.4 is 5.32 Å². The SMILES string of the molecule is CCCNc1ncccc1CN1CCC(C(=O)OC)CC1. The fraction of sp³-hybridized carbons (Fsp3) is 0.625. The summed E-state index contributed by atoms with van der Waals surface area (Å²) in [7, 11) is 1.47. The molecule has 0 unspecified atom stereocenters. The van der Waals surface area contributed by atoms with Gasteiger partial charge in [-0.1, -0.05) is 13.0 Å². The van der Waals surface area contributed by atoms with Crippen LogP contribution in [0, 0.1) is 5.92 Å². The van der Waals surface area contributed by atoms with Crippen molar-refractivity contribution in [3.63, 3.8) is 0 Å². The van der Waals surface area contributed by atoms with Gasteiger partial charge in [-0.3, -0.25) is 9.69 Å². The standard InChI is InChI=1S/C16H25N3O2/c1-3-8-17-15-14(5-4-9-18-15)12-19-10-6-13(7-11-19)16(20)21-2/h4-5,9,13H,3,6-8,10-12H2,1-2H3,(H,17,18). The van der Waals surface area contributed by atoms with Crippen molar-refractivity contribution in [2.24, 2.45) is 5.92 Å². The normalized spacial score (nSPS) is 16.7. The highest BCUT2D eigenvalue weighted by Gasteiger charge is 2.25. The molecule has 1 aromatic rings. The predicted octanol–water partition coefficient (Wildman–Crippen LogP) is 2.29. The van der Waals surface area contributed by atoms with Crippen molar-refractivity contribution >= 4 is 11.8 Å². The van der Waals surface area contributed by atoms with Crippen molar-refractivity contribution in [2.75, 3.05) is 32.1 Å². The van der Waals surface area contributed by atoms with Crippen LogP contribution in [0.1, 0.15) is 31.7 Å². The molecule has 0 radical (unpaired) electrons. The molecule has 1 fully saturated rings. The monoisotopic (exact) mass is 291 g/mol. The van der Waals surface area contributed by atoms with Gasteiger partial charge in [0.2, 0.25) is 0 Å². The molecule has 1 saturated heterocycles. The Hall–Kier alpha value is -1.62. The zero-order valence-electron chi connectivity index (χ0n) is 13.0. The lowest BCUT2D eigenvalue weighted by atomic mass is 9.97. The molecule has 1 aliphatic rings. The first-order chi connectivity index (χ1) is 10.2. The fourth-order valence-electron chi connectivity index (χ4n) is 2.70. The van der Waals surface area contributed by atoms with E-state index in [-0.39, 0.29) is 11.9 Å². The number of hydrogen-bond donors (Lipinski definition) is 1. The van der Waals surface area contributed by atoms with Gasteiger partial charge in [-0.15, -0.1) is 0 Å². The lowest BCUT2D eigenvalue weighted by Gasteiger charge is -2.30. The van der Waals surface area contributed by atoms with Crippen molar-refractivity contribution in [3.8, 4) is 0 Å². The molecule has 1 aliphatic heterocycles. The van der Waals surface area contributed by atoms with Crippen LogP contribution in [0.3, 0.4) is 0 Å². The van der Waals surface area contributed by atoms with Gasteiger partial charge >= 0.3 is 5.97 Å². The van der Waals surface area contributed by atoms with Gasteiger partial charge in [0.25, 0.3) is 0 Å². The van der Waals surface area contributed by atoms with Gasteiger partial charge in [-0.2, -0.15) is 0 Å². The number of hydrogen-bond acceptors (Lipinski definition) is 5. The number of aromatic nitrogens is 1. The van der Waals surface area contributed by atoms with Crippen LogP contribution in [0.2, 0.25) is 0 Å². The Morgan fingerprint density at radius 2 is 2.24 bits per heavy atom. The van der Waals surface area contributed by atoms with E-state index in [2.05, 4.69) is 28.2 Å². The van der Waals surface area contributed by atoms with Gasteiger partial charge in [-0.25, -0.2) is 4.98 Å². The number of likely N-dealkylation sites (tertiary alicyclic amines) is 1. The maximum atomic E-state index is 11.5. The number of methoxy groups -OCH3 is 1. The van der Waals surface area contributed by atoms with Crippen molar-refractivity contribution in [2.45, 2.75) is 32.7 Å². The minimum atomic E-state index is -0.0682. The number of nitrogens with one attached hydrogen (secondary N) is 1. The van der Waals surface area contributed by atoms with E-state index in [1.807, 2.05) is 12.3 Å². The molecular formula is C16H25N3O2. The number of anilines is 1. The molecule has 0 aromatic carbocycles. The molecule has 0 spiro atoms. The highest BCUT2D eigenvalue weighted by atomic mass is 16.5. The summed E-state index contributed by atoms with van der Waals surface area (Å²) in [4.78, 5) is 18.4. The average Bonchev–Trinajstić information content (AvgIpc) is 2.54. The molecular weight excluding hydrogens is 266 g/mol. The quantitative estimate of drug-likeness (QED) is 0.815. The van der Waals surface area contributed by atoms with E-state index in [0.717, 1.165) is 51.3 Å². The van der Waals surface area contributed by atoms with Gasteiger partial charge in [0, 0.05) is 24.8 Å². The van der Waals surface area contributed by atoms with Crippen LogP contribution in [0.15, 0.2) is 18.3 Å². The van der Waals surface area contributed by atoms with Crippen LogP contribution >= 0.6 is 0 Å². The summed E-state index contributed by atoms with van der Waals surface area (Å²) in [6, 6.07) is 4.10. The van der Waals surface area contributed by atoms with Crippen molar-refractivity contribution in [1.29, 1.82) is 0 Å². The minimum absolute atomic E-state index is 0.0674. The molecule has 116 valence electrons. The van der Waals surface area contributed by atoms with Crippen molar-refractivity contribution in [3.05, 3.63) is 23.9 Å². The third-order valence-electron chi connectivity index (χ3n) is 3.95. The predicted molar refractivity (Wildman–Crippen MR) is 83.0 cm³/mol. The molecule has 21 heavy (non-hydrogen) atoms. The maximum absolute atomic E-state index is 11.5. The van der Waals surface area contributed by atoms with Crippen molar-refractivity contribution < 1.29 is 9.53 Å². The first kappa shape index (κ1) is 15.8. The molecule has 0 aliphatic carbocycles. The number of pyridine rings is 1. The number of piperidine rings is 1. The highest BCUT2D eigenvalue weighted by molar-refractivity contribution is 5.72. The summed E-state index contributed by atoms with van der Waals surface area (Å²) in [6.45, 7) is 5.83. The Morgan fingerprint density at radius 1 is 1.48 bits per heavy atom. The second kappa shape index (κ2) is 7.98. The molecule has 0 saturated carbocycles. The van der Waals surface area contributed by atoms with Crippen LogP contribution in [0.5, 0.6) is 0 Å². The van der Waals surface area contributed by atoms with Crippen LogP contribution in [0.4, 0.5) is 5.82 Å². The van der Waals surface area contributed by atoms with Gasteiger partial charge < -0.3 is 10.1 Å². The third kappa shape index (κ3) is 4.43. The topological polar surface area (TPSA) is 54.5 Å². The maximum Gasteiger partial charge on any atom is 0.308 e. The minimum Gasteiger partial charge on any atom is -0.469 e. The van der Waals surface area contributed by atoms with Crippen LogP contribution in [-0.4, -0.2) is 42.6 Å². The van der Waals surface area contributed by atoms with Gasteiger partial charge in [0.15, 0.2) is 0 Å². The summed E-state index contributed by atoms with van der Waals surface area (Å²) in [5, 5.41) is 3.38. The highest BCUT2D eigenvalue weighted by Crippen LogP contribution is 2.22. The number of nitrogens with zero attached hydrogens (tertiary/aromatic N) is 2. The van der Waals surface area contributed by atoms with E-state index < -0.39 is 0 Å². The number of carbonyl (C=O) groups is 1. The lowest BCUT2D eigenvalue weighted by molar-refractivity contribution is -0.147. The molecule has 0 atom stereocenters. The van der Waals surface area contributed by atoms with E-state index in [9.17, 15) is 4.79 Å². The van der Waals surface area contributed by atoms with Gasteiger partial charge in [0.1, 0.15) is 5.82 Å². The van der Waals surface area contributed by atoms with E-state index in [4.69, 9.17) is 4.74 Å². The van der Waals surface area contributed by atoms with Crippen molar-refractivity contribution in [1.82, 2.24) is 9.88 Å². The van der Waals surface area contributed by atoms with E-state index in [0.29, 0.717) is 0 Å². The summed E-state index contributed by atoms with van der Waals surface area (Å²) in [6.07, 6.45) is 4.67. The molecule has 0 amide bonds. The molecule has 1 aromatic heterocycles. The number of esters is 1. The fourth-order valence-corrected chi connectivity index (χ4v) is 2.70. The van der Waals surface area contributed by atoms with E-state index >= 15 is 0 Å². The Kier molecular flexibility index (Phi) is 5.99. The lowest BCUT2D eigenvalue weighted by Crippen LogP contribution is -2.36. The third-order valence-corrected chi connectivity index (χ3v) is 3.95. The largest absolute Gasteiger partial charge is 0.469 e. The second-order valence-corrected chi connectivity index (χ2v) is 5.51. The summed E-state index contributed by atoms with van der Waals surface area (Å²) in [5.74, 6) is 0.980. The molecule has 2 rings (SSSR count). The Morgan fingerprint density at radius 3 is 2.90 bits per heavy atom. The smallest absolute Gasteiger partial charge is 0.308 e. The van der Waals surface area contributed by atoms with Crippen LogP contribution in [-0.2, 0) is 16.1 Å². The zero-order chi connectivity index (χ0) is 15.1. The molecule has 5 nitrogen and oxygen atoms in total. The zero-order valence-corrected chi connectivity index (χ0v) is 13.0. The first-order valence-electron chi connectivity index (χ1n) is 7.72. The Labute approximate surface area is 126 Å². The molecule has 0 bridgehead atoms. The number of rotatable bonds is 6. The average molecular weight is 291 g/mol. The van der Waals surface area contributed by atoms with Gasteiger partial charge in [0.05, 0.1) is 13.0 Å². The molecule has 1 N–H and O–H groups in total. The summed E-state index contributed by atoms with van der Waals surface area (Å²) in [5.41, 5.74) is 1.22. The van der Waals surface area contributed by atoms with E-state index in [1.54, 1.807) is 0 Å². The first-order valence-corrected chi connectivity index (χ1v) is 7.72.